The molecule has 0 amide bonds. The van der Waals surface area contributed by atoms with Gasteiger partial charge in [0.25, 0.3) is 0 Å². The second-order valence-corrected chi connectivity index (χ2v) is 5.72. The van der Waals surface area contributed by atoms with Crippen molar-refractivity contribution in [2.75, 3.05) is 5.84 Å². The summed E-state index contributed by atoms with van der Waals surface area (Å²) in [5, 5.41) is 9.50. The monoisotopic (exact) mass is 320 g/mol. The number of hydrogen-bond donors (Lipinski definition) is 1. The van der Waals surface area contributed by atoms with E-state index in [0.717, 1.165) is 11.4 Å². The number of nitrogens with two attached hydrogens (primary N) is 1. The Hall–Kier alpha value is -1.99. The molecule has 0 unspecified atom stereocenters. The minimum Gasteiger partial charge on any atom is -0.335 e. The first-order valence-electron chi connectivity index (χ1n) is 6.21. The SMILES string of the molecule is Cn1c(Cl)cnc1CSc1nnc(-c2ccccc2)n1N. The second kappa shape index (κ2) is 5.79. The Morgan fingerprint density at radius 3 is 2.67 bits per heavy atom. The summed E-state index contributed by atoms with van der Waals surface area (Å²) in [5.74, 6) is 8.17. The molecule has 2 N–H and O–H groups in total. The first-order chi connectivity index (χ1) is 10.2. The van der Waals surface area contributed by atoms with E-state index in [1.54, 1.807) is 6.20 Å². The van der Waals surface area contributed by atoms with E-state index >= 15 is 0 Å². The number of halogens is 1. The highest BCUT2D eigenvalue weighted by molar-refractivity contribution is 7.98. The van der Waals surface area contributed by atoms with Crippen molar-refractivity contribution in [2.24, 2.45) is 7.05 Å². The van der Waals surface area contributed by atoms with E-state index in [1.807, 2.05) is 41.9 Å². The number of nitrogens with zero attached hydrogens (tertiary/aromatic N) is 5. The van der Waals surface area contributed by atoms with Gasteiger partial charge in [0.15, 0.2) is 5.82 Å². The lowest BCUT2D eigenvalue weighted by Crippen LogP contribution is -2.11. The summed E-state index contributed by atoms with van der Waals surface area (Å²) in [4.78, 5) is 4.24. The van der Waals surface area contributed by atoms with Gasteiger partial charge in [0.1, 0.15) is 11.0 Å². The standard InChI is InChI=1S/C13H13ClN6S/c1-19-10(14)7-16-11(19)8-21-13-18-17-12(20(13)15)9-5-3-2-4-6-9/h2-7H,8,15H2,1H3. The number of benzene rings is 1. The van der Waals surface area contributed by atoms with Crippen molar-refractivity contribution in [3.8, 4) is 11.4 Å². The lowest BCUT2D eigenvalue weighted by molar-refractivity contribution is 0.831. The Bertz CT molecular complexity index is 751. The van der Waals surface area contributed by atoms with E-state index in [1.165, 1.54) is 16.4 Å². The van der Waals surface area contributed by atoms with Crippen LogP contribution in [0.4, 0.5) is 0 Å². The maximum absolute atomic E-state index is 6.06. The Labute approximate surface area is 130 Å². The average molecular weight is 321 g/mol. The molecule has 1 aromatic carbocycles. The Morgan fingerprint density at radius 2 is 2.00 bits per heavy atom. The molecule has 0 aliphatic rings. The number of hydrogen-bond acceptors (Lipinski definition) is 5. The van der Waals surface area contributed by atoms with Crippen LogP contribution in [0.5, 0.6) is 0 Å². The molecule has 0 saturated carbocycles. The molecule has 0 radical (unpaired) electrons. The Morgan fingerprint density at radius 1 is 1.24 bits per heavy atom. The zero-order chi connectivity index (χ0) is 14.8. The highest BCUT2D eigenvalue weighted by Crippen LogP contribution is 2.24. The van der Waals surface area contributed by atoms with E-state index in [-0.39, 0.29) is 0 Å². The first-order valence-corrected chi connectivity index (χ1v) is 7.58. The predicted octanol–water partition coefficient (Wildman–Crippen LogP) is 2.34. The van der Waals surface area contributed by atoms with Crippen LogP contribution in [0.1, 0.15) is 5.82 Å². The van der Waals surface area contributed by atoms with E-state index in [0.29, 0.717) is 21.9 Å². The largest absolute Gasteiger partial charge is 0.335 e. The van der Waals surface area contributed by atoms with Crippen LogP contribution in [0.3, 0.4) is 0 Å². The maximum Gasteiger partial charge on any atom is 0.210 e. The summed E-state index contributed by atoms with van der Waals surface area (Å²) in [6.07, 6.45) is 1.63. The predicted molar refractivity (Wildman–Crippen MR) is 83.4 cm³/mol. The van der Waals surface area contributed by atoms with Crippen molar-refractivity contribution in [2.45, 2.75) is 10.9 Å². The molecule has 3 aromatic rings. The zero-order valence-electron chi connectivity index (χ0n) is 11.3. The minimum atomic E-state index is 0.602. The molecular weight excluding hydrogens is 308 g/mol. The molecule has 0 saturated heterocycles. The molecule has 21 heavy (non-hydrogen) atoms. The van der Waals surface area contributed by atoms with Gasteiger partial charge in [-0.15, -0.1) is 10.2 Å². The van der Waals surface area contributed by atoms with Crippen molar-refractivity contribution in [3.63, 3.8) is 0 Å². The van der Waals surface area contributed by atoms with Crippen molar-refractivity contribution in [1.29, 1.82) is 0 Å². The molecule has 0 spiro atoms. The number of aromatic nitrogens is 5. The average Bonchev–Trinajstić information content (AvgIpc) is 3.02. The van der Waals surface area contributed by atoms with Crippen molar-refractivity contribution < 1.29 is 0 Å². The van der Waals surface area contributed by atoms with Crippen LogP contribution in [-0.4, -0.2) is 24.4 Å². The van der Waals surface area contributed by atoms with Crippen LogP contribution in [-0.2, 0) is 12.8 Å². The van der Waals surface area contributed by atoms with Gasteiger partial charge in [0.05, 0.1) is 11.9 Å². The lowest BCUT2D eigenvalue weighted by atomic mass is 10.2. The lowest BCUT2D eigenvalue weighted by Gasteiger charge is -2.04. The fraction of sp³-hybridized carbons (Fsp3) is 0.154. The number of thioether (sulfide) groups is 1. The van der Waals surface area contributed by atoms with Gasteiger partial charge in [0.2, 0.25) is 5.16 Å². The van der Waals surface area contributed by atoms with Crippen LogP contribution in [0.15, 0.2) is 41.7 Å². The summed E-state index contributed by atoms with van der Waals surface area (Å²) in [6, 6.07) is 9.71. The van der Waals surface area contributed by atoms with E-state index < -0.39 is 0 Å². The molecule has 0 bridgehead atoms. The van der Waals surface area contributed by atoms with Gasteiger partial charge in [-0.3, -0.25) is 0 Å². The molecule has 3 rings (SSSR count). The molecule has 0 aliphatic heterocycles. The van der Waals surface area contributed by atoms with Crippen molar-refractivity contribution in [1.82, 2.24) is 24.4 Å². The van der Waals surface area contributed by atoms with Crippen LogP contribution in [0.25, 0.3) is 11.4 Å². The molecule has 108 valence electrons. The van der Waals surface area contributed by atoms with Crippen molar-refractivity contribution in [3.05, 3.63) is 47.5 Å². The number of rotatable bonds is 4. The molecule has 2 heterocycles. The first kappa shape index (κ1) is 14.0. The molecule has 2 aromatic heterocycles. The molecule has 0 aliphatic carbocycles. The Kier molecular flexibility index (Phi) is 3.85. The second-order valence-electron chi connectivity index (χ2n) is 4.39. The van der Waals surface area contributed by atoms with Crippen LogP contribution >= 0.6 is 23.4 Å². The molecule has 8 heteroatoms. The van der Waals surface area contributed by atoms with Crippen molar-refractivity contribution >= 4 is 23.4 Å². The van der Waals surface area contributed by atoms with Gasteiger partial charge < -0.3 is 10.4 Å². The fourth-order valence-electron chi connectivity index (χ4n) is 1.85. The van der Waals surface area contributed by atoms with Crippen LogP contribution in [0, 0.1) is 0 Å². The molecular formula is C13H13ClN6S. The third-order valence-electron chi connectivity index (χ3n) is 3.05. The van der Waals surface area contributed by atoms with Gasteiger partial charge in [0, 0.05) is 12.6 Å². The Balaban J connectivity index is 1.79. The quantitative estimate of drug-likeness (QED) is 0.590. The van der Waals surface area contributed by atoms with E-state index in [9.17, 15) is 0 Å². The summed E-state index contributed by atoms with van der Waals surface area (Å²) >= 11 is 7.43. The molecule has 0 fully saturated rings. The fourth-order valence-corrected chi connectivity index (χ4v) is 2.84. The zero-order valence-corrected chi connectivity index (χ0v) is 12.8. The topological polar surface area (TPSA) is 74.5 Å². The van der Waals surface area contributed by atoms with E-state index in [2.05, 4.69) is 15.2 Å². The third kappa shape index (κ3) is 2.74. The van der Waals surface area contributed by atoms with Gasteiger partial charge in [-0.25, -0.2) is 9.66 Å². The minimum absolute atomic E-state index is 0.602. The molecule has 0 atom stereocenters. The van der Waals surface area contributed by atoms with Gasteiger partial charge in [-0.1, -0.05) is 53.7 Å². The smallest absolute Gasteiger partial charge is 0.210 e. The number of nitrogen functional groups attached to an aromatic ring is 1. The summed E-state index contributed by atoms with van der Waals surface area (Å²) in [7, 11) is 1.87. The molecule has 6 nitrogen and oxygen atoms in total. The summed E-state index contributed by atoms with van der Waals surface area (Å²) in [5.41, 5.74) is 0.930. The maximum atomic E-state index is 6.06. The highest BCUT2D eigenvalue weighted by Gasteiger charge is 2.13. The van der Waals surface area contributed by atoms with Gasteiger partial charge in [-0.05, 0) is 0 Å². The van der Waals surface area contributed by atoms with Gasteiger partial charge in [-0.2, -0.15) is 0 Å². The van der Waals surface area contributed by atoms with E-state index in [4.69, 9.17) is 17.4 Å². The normalized spacial score (nSPS) is 11.0. The third-order valence-corrected chi connectivity index (χ3v) is 4.34. The highest BCUT2D eigenvalue weighted by atomic mass is 35.5. The summed E-state index contributed by atoms with van der Waals surface area (Å²) in [6.45, 7) is 0. The summed E-state index contributed by atoms with van der Waals surface area (Å²) < 4.78 is 3.31. The van der Waals surface area contributed by atoms with Crippen LogP contribution < -0.4 is 5.84 Å². The van der Waals surface area contributed by atoms with Crippen LogP contribution in [0.2, 0.25) is 5.15 Å². The van der Waals surface area contributed by atoms with Gasteiger partial charge >= 0.3 is 0 Å². The number of imidazole rings is 1.